The Morgan fingerprint density at radius 3 is 2.67 bits per heavy atom. The van der Waals surface area contributed by atoms with Gasteiger partial charge < -0.3 is 24.6 Å². The van der Waals surface area contributed by atoms with Crippen LogP contribution in [0.5, 0.6) is 0 Å². The second-order valence-electron chi connectivity index (χ2n) is 7.83. The highest BCUT2D eigenvalue weighted by molar-refractivity contribution is 6.05. The molecule has 3 saturated heterocycles. The van der Waals surface area contributed by atoms with E-state index in [0.717, 1.165) is 37.2 Å². The number of hydrogen-bond acceptors (Lipinski definition) is 5. The summed E-state index contributed by atoms with van der Waals surface area (Å²) >= 11 is 0. The molecule has 5 rings (SSSR count). The highest BCUT2D eigenvalue weighted by Crippen LogP contribution is 2.37. The summed E-state index contributed by atoms with van der Waals surface area (Å²) in [5.74, 6) is -0.438. The summed E-state index contributed by atoms with van der Waals surface area (Å²) in [6, 6.07) is 5.62. The molecular weight excluding hydrogens is 346 g/mol. The summed E-state index contributed by atoms with van der Waals surface area (Å²) in [6.45, 7) is 3.41. The van der Waals surface area contributed by atoms with Crippen LogP contribution in [0.2, 0.25) is 0 Å². The average Bonchev–Trinajstić information content (AvgIpc) is 3.16. The van der Waals surface area contributed by atoms with E-state index in [1.807, 2.05) is 23.1 Å². The minimum atomic E-state index is -0.482. The van der Waals surface area contributed by atoms with Gasteiger partial charge in [-0.25, -0.2) is 0 Å². The van der Waals surface area contributed by atoms with Crippen molar-refractivity contribution in [3.8, 4) is 0 Å². The Balaban J connectivity index is 1.34. The van der Waals surface area contributed by atoms with E-state index in [4.69, 9.17) is 9.47 Å². The molecule has 1 aromatic carbocycles. The van der Waals surface area contributed by atoms with Gasteiger partial charge in [-0.3, -0.25) is 9.59 Å². The second-order valence-corrected chi connectivity index (χ2v) is 7.83. The minimum Gasteiger partial charge on any atom is -0.358 e. The first-order chi connectivity index (χ1) is 13.2. The van der Waals surface area contributed by atoms with Gasteiger partial charge >= 0.3 is 0 Å². The lowest BCUT2D eigenvalue weighted by Crippen LogP contribution is -2.50. The monoisotopic (exact) mass is 371 g/mol. The lowest BCUT2D eigenvalue weighted by atomic mass is 9.96. The van der Waals surface area contributed by atoms with E-state index in [1.54, 1.807) is 0 Å². The molecule has 3 fully saturated rings. The molecule has 1 spiro atoms. The van der Waals surface area contributed by atoms with Crippen molar-refractivity contribution < 1.29 is 19.1 Å². The van der Waals surface area contributed by atoms with Crippen LogP contribution in [0.1, 0.15) is 42.5 Å². The number of rotatable bonds is 1. The van der Waals surface area contributed by atoms with Crippen molar-refractivity contribution in [2.24, 2.45) is 0 Å². The fourth-order valence-electron chi connectivity index (χ4n) is 4.75. The van der Waals surface area contributed by atoms with Crippen LogP contribution in [0.25, 0.3) is 0 Å². The Morgan fingerprint density at radius 1 is 1.11 bits per heavy atom. The van der Waals surface area contributed by atoms with E-state index in [1.165, 1.54) is 0 Å². The molecule has 27 heavy (non-hydrogen) atoms. The Morgan fingerprint density at radius 2 is 1.89 bits per heavy atom. The van der Waals surface area contributed by atoms with Crippen LogP contribution in [0.4, 0.5) is 11.4 Å². The molecule has 1 N–H and O–H groups in total. The van der Waals surface area contributed by atoms with Gasteiger partial charge in [-0.05, 0) is 37.5 Å². The number of carbonyl (C=O) groups is 2. The molecule has 0 radical (unpaired) electrons. The van der Waals surface area contributed by atoms with Crippen molar-refractivity contribution >= 4 is 23.2 Å². The van der Waals surface area contributed by atoms with Crippen LogP contribution in [0, 0.1) is 0 Å². The summed E-state index contributed by atoms with van der Waals surface area (Å²) in [4.78, 5) is 29.5. The van der Waals surface area contributed by atoms with E-state index in [2.05, 4.69) is 10.2 Å². The third-order valence-corrected chi connectivity index (χ3v) is 6.24. The van der Waals surface area contributed by atoms with Gasteiger partial charge in [-0.15, -0.1) is 0 Å². The number of anilines is 2. The first kappa shape index (κ1) is 17.0. The number of amides is 2. The number of fused-ring (bicyclic) bond motifs is 3. The molecule has 0 unspecified atom stereocenters. The molecule has 0 saturated carbocycles. The van der Waals surface area contributed by atoms with Crippen LogP contribution < -0.4 is 10.2 Å². The van der Waals surface area contributed by atoms with Crippen molar-refractivity contribution in [1.29, 1.82) is 0 Å². The van der Waals surface area contributed by atoms with Gasteiger partial charge in [0.1, 0.15) is 6.04 Å². The molecular formula is C20H25N3O4. The highest BCUT2D eigenvalue weighted by Gasteiger charge is 2.41. The third-order valence-electron chi connectivity index (χ3n) is 6.24. The van der Waals surface area contributed by atoms with Crippen LogP contribution in [0.3, 0.4) is 0 Å². The maximum atomic E-state index is 13.0. The van der Waals surface area contributed by atoms with Gasteiger partial charge in [0.15, 0.2) is 5.79 Å². The van der Waals surface area contributed by atoms with Crippen LogP contribution in [-0.2, 0) is 14.3 Å². The molecule has 1 atom stereocenters. The van der Waals surface area contributed by atoms with Crippen molar-refractivity contribution in [1.82, 2.24) is 4.90 Å². The number of ether oxygens (including phenoxy) is 2. The molecule has 0 bridgehead atoms. The van der Waals surface area contributed by atoms with Crippen molar-refractivity contribution in [3.05, 3.63) is 23.8 Å². The van der Waals surface area contributed by atoms with Gasteiger partial charge in [0, 0.05) is 38.0 Å². The maximum Gasteiger partial charge on any atom is 0.253 e. The molecule has 0 aliphatic carbocycles. The lowest BCUT2D eigenvalue weighted by molar-refractivity contribution is -0.181. The highest BCUT2D eigenvalue weighted by atomic mass is 16.7. The molecule has 7 nitrogen and oxygen atoms in total. The zero-order chi connectivity index (χ0) is 18.4. The maximum absolute atomic E-state index is 13.0. The molecule has 2 amide bonds. The Labute approximate surface area is 158 Å². The van der Waals surface area contributed by atoms with Crippen molar-refractivity contribution in [2.75, 3.05) is 43.1 Å². The van der Waals surface area contributed by atoms with Crippen LogP contribution in [-0.4, -0.2) is 61.4 Å². The molecule has 4 aliphatic heterocycles. The second kappa shape index (κ2) is 6.49. The topological polar surface area (TPSA) is 71.1 Å². The fraction of sp³-hybridized carbons (Fsp3) is 0.600. The zero-order valence-corrected chi connectivity index (χ0v) is 15.4. The molecule has 7 heteroatoms. The molecule has 4 heterocycles. The Kier molecular flexibility index (Phi) is 4.09. The first-order valence-electron chi connectivity index (χ1n) is 9.94. The summed E-state index contributed by atoms with van der Waals surface area (Å²) in [6.07, 6.45) is 4.49. The van der Waals surface area contributed by atoms with Crippen molar-refractivity contribution in [3.63, 3.8) is 0 Å². The van der Waals surface area contributed by atoms with Gasteiger partial charge in [0.05, 0.1) is 24.6 Å². The molecule has 4 aliphatic rings. The van der Waals surface area contributed by atoms with Crippen molar-refractivity contribution in [2.45, 2.75) is 43.9 Å². The SMILES string of the molecule is O=C1Nc2cc(C(=O)N3CCC4(CC3)OCCO4)ccc2N2CCCC[C@H]12. The van der Waals surface area contributed by atoms with Crippen LogP contribution >= 0.6 is 0 Å². The molecule has 144 valence electrons. The van der Waals surface area contributed by atoms with E-state index in [9.17, 15) is 9.59 Å². The number of likely N-dealkylation sites (tertiary alicyclic amines) is 1. The number of piperidine rings is 2. The summed E-state index contributed by atoms with van der Waals surface area (Å²) in [7, 11) is 0. The molecule has 1 aromatic rings. The lowest BCUT2D eigenvalue weighted by Gasteiger charge is -2.41. The quantitative estimate of drug-likeness (QED) is 0.817. The minimum absolute atomic E-state index is 0.000614. The number of hydrogen-bond donors (Lipinski definition) is 1. The van der Waals surface area contributed by atoms with Gasteiger partial charge in [0.2, 0.25) is 5.91 Å². The van der Waals surface area contributed by atoms with Gasteiger partial charge in [0.25, 0.3) is 5.91 Å². The third kappa shape index (κ3) is 2.89. The molecule has 0 aromatic heterocycles. The normalized spacial score (nSPS) is 26.5. The van der Waals surface area contributed by atoms with E-state index in [0.29, 0.717) is 44.7 Å². The standard InChI is InChI=1S/C20H25N3O4/c24-18-17-3-1-2-8-23(17)16-5-4-14(13-15(16)21-18)19(25)22-9-6-20(7-10-22)26-11-12-27-20/h4-5,13,17H,1-3,6-12H2,(H,21,24)/t17-/m1/s1. The Bertz CT molecular complexity index is 764. The van der Waals surface area contributed by atoms with Crippen LogP contribution in [0.15, 0.2) is 18.2 Å². The number of nitrogens with zero attached hydrogens (tertiary/aromatic N) is 2. The smallest absolute Gasteiger partial charge is 0.253 e. The number of nitrogens with one attached hydrogen (secondary N) is 1. The fourth-order valence-corrected chi connectivity index (χ4v) is 4.75. The van der Waals surface area contributed by atoms with Gasteiger partial charge in [-0.2, -0.15) is 0 Å². The van der Waals surface area contributed by atoms with E-state index >= 15 is 0 Å². The summed E-state index contributed by atoms with van der Waals surface area (Å²) in [5.41, 5.74) is 2.40. The first-order valence-corrected chi connectivity index (χ1v) is 9.94. The Hall–Kier alpha value is -2.12. The number of benzene rings is 1. The summed E-state index contributed by atoms with van der Waals surface area (Å²) < 4.78 is 11.5. The summed E-state index contributed by atoms with van der Waals surface area (Å²) in [5, 5.41) is 3.01. The average molecular weight is 371 g/mol. The van der Waals surface area contributed by atoms with E-state index < -0.39 is 5.79 Å². The number of carbonyl (C=O) groups excluding carboxylic acids is 2. The largest absolute Gasteiger partial charge is 0.358 e. The predicted molar refractivity (Wildman–Crippen MR) is 99.8 cm³/mol. The predicted octanol–water partition coefficient (Wildman–Crippen LogP) is 1.98. The zero-order valence-electron chi connectivity index (χ0n) is 15.4. The van der Waals surface area contributed by atoms with Gasteiger partial charge in [-0.1, -0.05) is 0 Å². The van der Waals surface area contributed by atoms with E-state index in [-0.39, 0.29) is 17.9 Å².